The van der Waals surface area contributed by atoms with Crippen LogP contribution in [0, 0.1) is 0 Å². The van der Waals surface area contributed by atoms with Crippen LogP contribution in [-0.4, -0.2) is 39.3 Å². The first-order valence-corrected chi connectivity index (χ1v) is 6.83. The molecule has 0 aliphatic heterocycles. The van der Waals surface area contributed by atoms with E-state index in [9.17, 15) is 8.42 Å². The number of nitrogens with two attached hydrogens (primary N) is 1. The number of likely N-dealkylation sites (N-methyl/N-ethyl adjacent to an activating group) is 1. The first-order valence-electron chi connectivity index (χ1n) is 4.94. The molecule has 1 unspecified atom stereocenters. The van der Waals surface area contributed by atoms with Crippen LogP contribution >= 0.6 is 0 Å². The van der Waals surface area contributed by atoms with Crippen molar-refractivity contribution in [1.82, 2.24) is 4.98 Å². The fourth-order valence-corrected chi connectivity index (χ4v) is 2.34. The maximum atomic E-state index is 11.5. The Kier molecular flexibility index (Phi) is 3.88. The third kappa shape index (κ3) is 3.18. The SMILES string of the molecule is CC(N)CN(C)c1ncccc1S(C)(=O)=O. The maximum absolute atomic E-state index is 11.5. The van der Waals surface area contributed by atoms with Crippen molar-refractivity contribution in [1.29, 1.82) is 0 Å². The number of anilines is 1. The lowest BCUT2D eigenvalue weighted by molar-refractivity contribution is 0.600. The molecule has 0 aliphatic rings. The third-order valence-electron chi connectivity index (χ3n) is 2.07. The molecule has 0 saturated heterocycles. The van der Waals surface area contributed by atoms with Crippen molar-refractivity contribution in [2.75, 3.05) is 24.7 Å². The molecule has 0 spiro atoms. The minimum atomic E-state index is -3.26. The van der Waals surface area contributed by atoms with Gasteiger partial charge in [-0.25, -0.2) is 13.4 Å². The quantitative estimate of drug-likeness (QED) is 0.821. The minimum absolute atomic E-state index is 0.0422. The lowest BCUT2D eigenvalue weighted by Crippen LogP contribution is -2.34. The molecule has 0 fully saturated rings. The van der Waals surface area contributed by atoms with Gasteiger partial charge in [-0.1, -0.05) is 0 Å². The van der Waals surface area contributed by atoms with E-state index < -0.39 is 9.84 Å². The second kappa shape index (κ2) is 4.80. The van der Waals surface area contributed by atoms with Crippen LogP contribution in [-0.2, 0) is 9.84 Å². The second-order valence-corrected chi connectivity index (χ2v) is 5.94. The highest BCUT2D eigenvalue weighted by Crippen LogP contribution is 2.20. The van der Waals surface area contributed by atoms with E-state index >= 15 is 0 Å². The summed E-state index contributed by atoms with van der Waals surface area (Å²) in [6.07, 6.45) is 2.74. The summed E-state index contributed by atoms with van der Waals surface area (Å²) in [4.78, 5) is 6.07. The van der Waals surface area contributed by atoms with Gasteiger partial charge in [0.1, 0.15) is 10.7 Å². The van der Waals surface area contributed by atoms with Gasteiger partial charge in [0.15, 0.2) is 9.84 Å². The molecule has 1 rings (SSSR count). The summed E-state index contributed by atoms with van der Waals surface area (Å²) in [5.74, 6) is 0.447. The highest BCUT2D eigenvalue weighted by atomic mass is 32.2. The van der Waals surface area contributed by atoms with Crippen molar-refractivity contribution < 1.29 is 8.42 Å². The molecule has 0 radical (unpaired) electrons. The second-order valence-electron chi connectivity index (χ2n) is 3.96. The molecular weight excluding hydrogens is 226 g/mol. The molecule has 16 heavy (non-hydrogen) atoms. The normalized spacial score (nSPS) is 13.5. The van der Waals surface area contributed by atoms with E-state index in [4.69, 9.17) is 5.73 Å². The van der Waals surface area contributed by atoms with Crippen molar-refractivity contribution in [2.45, 2.75) is 17.9 Å². The number of nitrogens with zero attached hydrogens (tertiary/aromatic N) is 2. The molecule has 0 bridgehead atoms. The lowest BCUT2D eigenvalue weighted by atomic mass is 10.3. The highest BCUT2D eigenvalue weighted by molar-refractivity contribution is 7.90. The molecule has 6 heteroatoms. The zero-order valence-corrected chi connectivity index (χ0v) is 10.5. The number of rotatable bonds is 4. The topological polar surface area (TPSA) is 76.3 Å². The standard InChI is InChI=1S/C10H17N3O2S/c1-8(11)7-13(2)10-9(16(3,14)15)5-4-6-12-10/h4-6,8H,7,11H2,1-3H3. The molecule has 2 N–H and O–H groups in total. The Morgan fingerprint density at radius 3 is 2.69 bits per heavy atom. The molecule has 0 aromatic carbocycles. The van der Waals surface area contributed by atoms with Crippen LogP contribution in [0.2, 0.25) is 0 Å². The molecule has 0 saturated carbocycles. The Bertz CT molecular complexity index is 457. The number of hydrogen-bond donors (Lipinski definition) is 1. The predicted octanol–water partition coefficient (Wildman–Crippen LogP) is 0.268. The van der Waals surface area contributed by atoms with Crippen LogP contribution in [0.25, 0.3) is 0 Å². The van der Waals surface area contributed by atoms with Crippen LogP contribution < -0.4 is 10.6 Å². The largest absolute Gasteiger partial charge is 0.357 e. The van der Waals surface area contributed by atoms with Gasteiger partial charge in [0, 0.05) is 32.1 Å². The summed E-state index contributed by atoms with van der Waals surface area (Å²) in [6.45, 7) is 2.42. The van der Waals surface area contributed by atoms with Gasteiger partial charge in [-0.05, 0) is 19.1 Å². The van der Waals surface area contributed by atoms with Crippen LogP contribution in [0.3, 0.4) is 0 Å². The molecule has 1 aromatic heterocycles. The smallest absolute Gasteiger partial charge is 0.179 e. The van der Waals surface area contributed by atoms with E-state index in [-0.39, 0.29) is 10.9 Å². The van der Waals surface area contributed by atoms with Crippen LogP contribution in [0.1, 0.15) is 6.92 Å². The van der Waals surface area contributed by atoms with Gasteiger partial charge in [0.25, 0.3) is 0 Å². The van der Waals surface area contributed by atoms with Gasteiger partial charge in [-0.3, -0.25) is 0 Å². The van der Waals surface area contributed by atoms with Gasteiger partial charge >= 0.3 is 0 Å². The van der Waals surface area contributed by atoms with Crippen LogP contribution in [0.15, 0.2) is 23.2 Å². The lowest BCUT2D eigenvalue weighted by Gasteiger charge is -2.22. The number of sulfone groups is 1. The minimum Gasteiger partial charge on any atom is -0.357 e. The number of aromatic nitrogens is 1. The Morgan fingerprint density at radius 2 is 2.19 bits per heavy atom. The molecule has 1 aromatic rings. The van der Waals surface area contributed by atoms with E-state index in [2.05, 4.69) is 4.98 Å². The van der Waals surface area contributed by atoms with Crippen LogP contribution in [0.5, 0.6) is 0 Å². The predicted molar refractivity (Wildman–Crippen MR) is 64.3 cm³/mol. The van der Waals surface area contributed by atoms with Gasteiger partial charge < -0.3 is 10.6 Å². The summed E-state index contributed by atoms with van der Waals surface area (Å²) in [5, 5.41) is 0. The van der Waals surface area contributed by atoms with Gasteiger partial charge in [0.05, 0.1) is 0 Å². The van der Waals surface area contributed by atoms with Gasteiger partial charge in [-0.2, -0.15) is 0 Å². The van der Waals surface area contributed by atoms with Crippen LogP contribution in [0.4, 0.5) is 5.82 Å². The zero-order chi connectivity index (χ0) is 12.3. The number of pyridine rings is 1. The molecule has 0 amide bonds. The Labute approximate surface area is 96.2 Å². The highest BCUT2D eigenvalue weighted by Gasteiger charge is 2.17. The maximum Gasteiger partial charge on any atom is 0.179 e. The summed E-state index contributed by atoms with van der Waals surface area (Å²) in [6, 6.07) is 3.12. The van der Waals surface area contributed by atoms with E-state index in [0.717, 1.165) is 0 Å². The fourth-order valence-electron chi connectivity index (χ4n) is 1.48. The van der Waals surface area contributed by atoms with Crippen molar-refractivity contribution in [3.8, 4) is 0 Å². The summed E-state index contributed by atoms with van der Waals surface area (Å²) >= 11 is 0. The van der Waals surface area contributed by atoms with Crippen molar-refractivity contribution in [2.24, 2.45) is 5.73 Å². The van der Waals surface area contributed by atoms with Gasteiger partial charge in [-0.15, -0.1) is 0 Å². The first-order chi connectivity index (χ1) is 7.32. The third-order valence-corrected chi connectivity index (χ3v) is 3.19. The summed E-state index contributed by atoms with van der Waals surface area (Å²) in [5.41, 5.74) is 5.67. The van der Waals surface area contributed by atoms with E-state index in [1.165, 1.54) is 6.26 Å². The van der Waals surface area contributed by atoms with Gasteiger partial charge in [0.2, 0.25) is 0 Å². The Hall–Kier alpha value is -1.14. The molecule has 0 aliphatic carbocycles. The van der Waals surface area contributed by atoms with Crippen molar-refractivity contribution >= 4 is 15.7 Å². The summed E-state index contributed by atoms with van der Waals surface area (Å²) < 4.78 is 23.1. The monoisotopic (exact) mass is 243 g/mol. The fraction of sp³-hybridized carbons (Fsp3) is 0.500. The zero-order valence-electron chi connectivity index (χ0n) is 9.71. The van der Waals surface area contributed by atoms with E-state index in [0.29, 0.717) is 12.4 Å². The molecular formula is C10H17N3O2S. The molecule has 1 heterocycles. The van der Waals surface area contributed by atoms with E-state index in [1.54, 1.807) is 30.3 Å². The van der Waals surface area contributed by atoms with E-state index in [1.807, 2.05) is 6.92 Å². The molecule has 5 nitrogen and oxygen atoms in total. The Balaban J connectivity index is 3.14. The average molecular weight is 243 g/mol. The first kappa shape index (κ1) is 12.9. The van der Waals surface area contributed by atoms with Crippen molar-refractivity contribution in [3.63, 3.8) is 0 Å². The Morgan fingerprint density at radius 1 is 1.56 bits per heavy atom. The average Bonchev–Trinajstić information content (AvgIpc) is 2.15. The number of hydrogen-bond acceptors (Lipinski definition) is 5. The molecule has 1 atom stereocenters. The summed E-state index contributed by atoms with van der Waals surface area (Å²) in [7, 11) is -1.48. The molecule has 90 valence electrons. The van der Waals surface area contributed by atoms with Crippen molar-refractivity contribution in [3.05, 3.63) is 18.3 Å².